The predicted molar refractivity (Wildman–Crippen MR) is 44.7 cm³/mol. The summed E-state index contributed by atoms with van der Waals surface area (Å²) in [5.41, 5.74) is 0. The molecule has 0 atom stereocenters. The van der Waals surface area contributed by atoms with Gasteiger partial charge < -0.3 is 4.74 Å². The van der Waals surface area contributed by atoms with Crippen LogP contribution in [0.4, 0.5) is 0 Å². The Balaban J connectivity index is 4.04. The van der Waals surface area contributed by atoms with Gasteiger partial charge in [0.2, 0.25) is 0 Å². The molecule has 10 heavy (non-hydrogen) atoms. The van der Waals surface area contributed by atoms with Gasteiger partial charge in [-0.05, 0) is 13.0 Å². The molecule has 0 aliphatic carbocycles. The lowest BCUT2D eigenvalue weighted by molar-refractivity contribution is 0.254. The van der Waals surface area contributed by atoms with Crippen molar-refractivity contribution in [1.29, 1.82) is 0 Å². The number of ether oxygens (including phenoxy) is 1. The second kappa shape index (κ2) is 5.10. The molecule has 0 radical (unpaired) electrons. The minimum absolute atomic E-state index is 0.473. The summed E-state index contributed by atoms with van der Waals surface area (Å²) in [6.07, 6.45) is 5.96. The lowest BCUT2D eigenvalue weighted by Gasteiger charge is -2.07. The molecule has 0 saturated carbocycles. The Kier molecular flexibility index (Phi) is 4.73. The van der Waals surface area contributed by atoms with Gasteiger partial charge in [0.25, 0.3) is 0 Å². The van der Waals surface area contributed by atoms with Crippen molar-refractivity contribution < 1.29 is 4.74 Å². The first-order valence-electron chi connectivity index (χ1n) is 3.59. The number of hydrogen-bond acceptors (Lipinski definition) is 1. The van der Waals surface area contributed by atoms with E-state index in [9.17, 15) is 0 Å². The molecule has 0 unspecified atom stereocenters. The maximum Gasteiger partial charge on any atom is 0.0980 e. The molecule has 0 bridgehead atoms. The van der Waals surface area contributed by atoms with Crippen LogP contribution in [0.3, 0.4) is 0 Å². The first-order valence-corrected chi connectivity index (χ1v) is 3.59. The average Bonchev–Trinajstić information content (AvgIpc) is 1.89. The zero-order chi connectivity index (χ0) is 7.98. The first kappa shape index (κ1) is 9.28. The minimum Gasteiger partial charge on any atom is -0.501 e. The van der Waals surface area contributed by atoms with Crippen molar-refractivity contribution in [1.82, 2.24) is 0 Å². The molecule has 1 heteroatoms. The van der Waals surface area contributed by atoms with Crippen LogP contribution in [0.25, 0.3) is 0 Å². The Bertz CT molecular complexity index is 132. The zero-order valence-corrected chi connectivity index (χ0v) is 7.22. The molecular weight excluding hydrogens is 124 g/mol. The van der Waals surface area contributed by atoms with Gasteiger partial charge in [0.1, 0.15) is 0 Å². The zero-order valence-electron chi connectivity index (χ0n) is 7.22. The van der Waals surface area contributed by atoms with E-state index in [0.29, 0.717) is 5.92 Å². The van der Waals surface area contributed by atoms with Crippen molar-refractivity contribution in [3.8, 4) is 0 Å². The van der Waals surface area contributed by atoms with Gasteiger partial charge in [0, 0.05) is 5.92 Å². The molecule has 0 aliphatic heterocycles. The minimum atomic E-state index is 0.473. The molecule has 0 heterocycles. The lowest BCUT2D eigenvalue weighted by atomic mass is 10.1. The number of allylic oxidation sites excluding steroid dienone is 4. The summed E-state index contributed by atoms with van der Waals surface area (Å²) in [6.45, 7) is 6.21. The van der Waals surface area contributed by atoms with Crippen molar-refractivity contribution in [3.05, 3.63) is 24.0 Å². The quantitative estimate of drug-likeness (QED) is 0.432. The molecule has 0 fully saturated rings. The summed E-state index contributed by atoms with van der Waals surface area (Å²) in [5.74, 6) is 1.50. The number of methoxy groups -OCH3 is 1. The molecule has 0 aromatic carbocycles. The highest BCUT2D eigenvalue weighted by molar-refractivity contribution is 5.08. The van der Waals surface area contributed by atoms with Gasteiger partial charge in [-0.2, -0.15) is 0 Å². The van der Waals surface area contributed by atoms with E-state index in [4.69, 9.17) is 4.74 Å². The smallest absolute Gasteiger partial charge is 0.0980 e. The summed E-state index contributed by atoms with van der Waals surface area (Å²) in [6, 6.07) is 0. The van der Waals surface area contributed by atoms with Gasteiger partial charge in [-0.3, -0.25) is 0 Å². The van der Waals surface area contributed by atoms with Crippen molar-refractivity contribution in [2.75, 3.05) is 7.11 Å². The first-order chi connectivity index (χ1) is 4.72. The standard InChI is InChI=1S/C9H16O/c1-5-6-7-9(10-4)8(2)3/h5-8H,1-4H3. The van der Waals surface area contributed by atoms with Crippen LogP contribution < -0.4 is 0 Å². The summed E-state index contributed by atoms with van der Waals surface area (Å²) < 4.78 is 5.12. The maximum atomic E-state index is 5.12. The number of rotatable bonds is 3. The van der Waals surface area contributed by atoms with Gasteiger partial charge >= 0.3 is 0 Å². The Labute approximate surface area is 63.4 Å². The topological polar surface area (TPSA) is 9.23 Å². The second-order valence-corrected chi connectivity index (χ2v) is 2.45. The van der Waals surface area contributed by atoms with Crippen LogP contribution in [0.15, 0.2) is 24.0 Å². The maximum absolute atomic E-state index is 5.12. The normalized spacial score (nSPS) is 13.1. The Morgan fingerprint density at radius 3 is 2.30 bits per heavy atom. The molecule has 0 amide bonds. The Morgan fingerprint density at radius 1 is 1.40 bits per heavy atom. The third kappa shape index (κ3) is 3.33. The van der Waals surface area contributed by atoms with Gasteiger partial charge in [-0.25, -0.2) is 0 Å². The van der Waals surface area contributed by atoms with Gasteiger partial charge in [0.15, 0.2) is 0 Å². The lowest BCUT2D eigenvalue weighted by Crippen LogP contribution is -1.95. The molecular formula is C9H16O. The highest BCUT2D eigenvalue weighted by Gasteiger charge is 1.98. The Morgan fingerprint density at radius 2 is 2.00 bits per heavy atom. The summed E-state index contributed by atoms with van der Waals surface area (Å²) in [5, 5.41) is 0. The third-order valence-electron chi connectivity index (χ3n) is 1.26. The average molecular weight is 140 g/mol. The van der Waals surface area contributed by atoms with Gasteiger partial charge in [0.05, 0.1) is 12.9 Å². The van der Waals surface area contributed by atoms with E-state index in [1.165, 1.54) is 0 Å². The van der Waals surface area contributed by atoms with E-state index in [1.807, 2.05) is 25.2 Å². The molecule has 58 valence electrons. The van der Waals surface area contributed by atoms with Crippen LogP contribution >= 0.6 is 0 Å². The fraction of sp³-hybridized carbons (Fsp3) is 0.556. The predicted octanol–water partition coefficient (Wildman–Crippen LogP) is 2.75. The number of hydrogen-bond donors (Lipinski definition) is 0. The van der Waals surface area contributed by atoms with Crippen LogP contribution in [0.5, 0.6) is 0 Å². The fourth-order valence-corrected chi connectivity index (χ4v) is 0.687. The van der Waals surface area contributed by atoms with E-state index in [0.717, 1.165) is 5.76 Å². The fourth-order valence-electron chi connectivity index (χ4n) is 0.687. The Hall–Kier alpha value is -0.720. The molecule has 0 N–H and O–H groups in total. The van der Waals surface area contributed by atoms with Crippen molar-refractivity contribution >= 4 is 0 Å². The molecule has 0 aromatic heterocycles. The SMILES string of the molecule is CC=CC=C(OC)C(C)C. The van der Waals surface area contributed by atoms with Crippen molar-refractivity contribution in [3.63, 3.8) is 0 Å². The molecule has 0 saturated heterocycles. The molecule has 1 nitrogen and oxygen atoms in total. The molecule has 0 aromatic rings. The van der Waals surface area contributed by atoms with Crippen LogP contribution in [-0.2, 0) is 4.74 Å². The summed E-state index contributed by atoms with van der Waals surface area (Å²) in [4.78, 5) is 0. The van der Waals surface area contributed by atoms with E-state index >= 15 is 0 Å². The van der Waals surface area contributed by atoms with Crippen molar-refractivity contribution in [2.24, 2.45) is 5.92 Å². The van der Waals surface area contributed by atoms with E-state index in [1.54, 1.807) is 7.11 Å². The molecule has 0 rings (SSSR count). The summed E-state index contributed by atoms with van der Waals surface area (Å²) in [7, 11) is 1.70. The van der Waals surface area contributed by atoms with E-state index in [-0.39, 0.29) is 0 Å². The van der Waals surface area contributed by atoms with Crippen LogP contribution in [0, 0.1) is 5.92 Å². The van der Waals surface area contributed by atoms with Crippen LogP contribution in [0.1, 0.15) is 20.8 Å². The largest absolute Gasteiger partial charge is 0.501 e. The van der Waals surface area contributed by atoms with Gasteiger partial charge in [-0.15, -0.1) is 0 Å². The van der Waals surface area contributed by atoms with Crippen molar-refractivity contribution in [2.45, 2.75) is 20.8 Å². The monoisotopic (exact) mass is 140 g/mol. The highest BCUT2D eigenvalue weighted by Crippen LogP contribution is 2.09. The van der Waals surface area contributed by atoms with Gasteiger partial charge in [-0.1, -0.05) is 26.0 Å². The van der Waals surface area contributed by atoms with Crippen LogP contribution in [0.2, 0.25) is 0 Å². The van der Waals surface area contributed by atoms with E-state index < -0.39 is 0 Å². The van der Waals surface area contributed by atoms with Crippen LogP contribution in [-0.4, -0.2) is 7.11 Å². The van der Waals surface area contributed by atoms with E-state index in [2.05, 4.69) is 13.8 Å². The molecule has 0 spiro atoms. The molecule has 0 aliphatic rings. The summed E-state index contributed by atoms with van der Waals surface area (Å²) >= 11 is 0. The second-order valence-electron chi connectivity index (χ2n) is 2.45. The third-order valence-corrected chi connectivity index (χ3v) is 1.26. The highest BCUT2D eigenvalue weighted by atomic mass is 16.5.